The van der Waals surface area contributed by atoms with Crippen molar-refractivity contribution < 1.29 is 24.5 Å². The molecule has 104 valence electrons. The van der Waals surface area contributed by atoms with Crippen LogP contribution in [0.2, 0.25) is 0 Å². The smallest absolute Gasteiger partial charge is 0.306 e. The number of hydrogen-bond acceptors (Lipinski definition) is 5. The summed E-state index contributed by atoms with van der Waals surface area (Å²) in [6.07, 6.45) is -0.922. The second kappa shape index (κ2) is 6.55. The number of aromatic nitrogens is 1. The molecule has 0 saturated heterocycles. The number of amides is 1. The third kappa shape index (κ3) is 4.80. The zero-order valence-electron chi connectivity index (χ0n) is 10.2. The summed E-state index contributed by atoms with van der Waals surface area (Å²) in [5.74, 6) is -2.07. The molecule has 1 aromatic rings. The van der Waals surface area contributed by atoms with Gasteiger partial charge in [0, 0.05) is 25.8 Å². The predicted molar refractivity (Wildman–Crippen MR) is 64.1 cm³/mol. The zero-order chi connectivity index (χ0) is 14.4. The number of carbonyl (C=O) groups excluding carboxylic acids is 1. The summed E-state index contributed by atoms with van der Waals surface area (Å²) < 4.78 is 4.88. The maximum absolute atomic E-state index is 11.7. The Morgan fingerprint density at radius 2 is 2.16 bits per heavy atom. The van der Waals surface area contributed by atoms with Crippen molar-refractivity contribution in [3.63, 3.8) is 0 Å². The van der Waals surface area contributed by atoms with Crippen LogP contribution >= 0.6 is 0 Å². The lowest BCUT2D eigenvalue weighted by Gasteiger charge is -2.13. The van der Waals surface area contributed by atoms with Crippen molar-refractivity contribution in [3.05, 3.63) is 28.0 Å². The van der Waals surface area contributed by atoms with Crippen molar-refractivity contribution in [1.29, 1.82) is 0 Å². The second-order valence-electron chi connectivity index (χ2n) is 3.78. The molecule has 0 radical (unpaired) electrons. The van der Waals surface area contributed by atoms with Crippen LogP contribution in [0.3, 0.4) is 0 Å². The summed E-state index contributed by atoms with van der Waals surface area (Å²) in [6.45, 7) is -0.0187. The van der Waals surface area contributed by atoms with E-state index in [-0.39, 0.29) is 18.5 Å². The minimum atomic E-state index is -1.05. The van der Waals surface area contributed by atoms with Gasteiger partial charge in [-0.1, -0.05) is 0 Å². The van der Waals surface area contributed by atoms with Gasteiger partial charge in [0.1, 0.15) is 0 Å². The van der Waals surface area contributed by atoms with E-state index in [1.54, 1.807) is 0 Å². The molecule has 0 fully saturated rings. The number of aromatic amines is 1. The molecular weight excluding hydrogens is 256 g/mol. The molecule has 4 N–H and O–H groups in total. The third-order valence-electron chi connectivity index (χ3n) is 2.32. The monoisotopic (exact) mass is 270 g/mol. The van der Waals surface area contributed by atoms with E-state index in [0.717, 1.165) is 12.1 Å². The molecule has 1 heterocycles. The largest absolute Gasteiger partial charge is 0.494 e. The number of carboxylic acid groups (broad SMARTS) is 1. The average Bonchev–Trinajstić information content (AvgIpc) is 2.32. The molecule has 8 nitrogen and oxygen atoms in total. The second-order valence-corrected chi connectivity index (χ2v) is 3.78. The number of carboxylic acids is 1. The number of methoxy groups -OCH3 is 1. The van der Waals surface area contributed by atoms with E-state index in [0.29, 0.717) is 0 Å². The lowest BCUT2D eigenvalue weighted by Crippen LogP contribution is -2.34. The van der Waals surface area contributed by atoms with Crippen LogP contribution in [0.15, 0.2) is 16.9 Å². The predicted octanol–water partition coefficient (Wildman–Crippen LogP) is -0.700. The fraction of sp³-hybridized carbons (Fsp3) is 0.364. The summed E-state index contributed by atoms with van der Waals surface area (Å²) in [4.78, 5) is 35.3. The highest BCUT2D eigenvalue weighted by atomic mass is 16.5. The topological polar surface area (TPSA) is 129 Å². The molecule has 1 rings (SSSR count). The first-order chi connectivity index (χ1) is 8.92. The lowest BCUT2D eigenvalue weighted by atomic mass is 10.2. The molecule has 1 amide bonds. The molecule has 0 aliphatic rings. The van der Waals surface area contributed by atoms with Crippen molar-refractivity contribution >= 4 is 11.9 Å². The van der Waals surface area contributed by atoms with Gasteiger partial charge in [0.2, 0.25) is 0 Å². The molecular formula is C11H14N2O6. The average molecular weight is 270 g/mol. The fourth-order valence-corrected chi connectivity index (χ4v) is 1.40. The number of aromatic hydroxyl groups is 1. The molecule has 0 aliphatic carbocycles. The first-order valence-electron chi connectivity index (χ1n) is 5.38. The van der Waals surface area contributed by atoms with Crippen molar-refractivity contribution in [2.24, 2.45) is 0 Å². The normalized spacial score (nSPS) is 11.8. The standard InChI is InChI=1S/C11H14N2O6/c1-19-7(4-10(16)17)5-12-11(18)6-2-8(14)13-9(15)3-6/h2-3,7H,4-5H2,1H3,(H,12,18)(H,16,17)(H2,13,14,15). The van der Waals surface area contributed by atoms with E-state index in [4.69, 9.17) is 14.9 Å². The maximum atomic E-state index is 11.7. The van der Waals surface area contributed by atoms with E-state index in [1.165, 1.54) is 7.11 Å². The number of hydrogen-bond donors (Lipinski definition) is 4. The van der Waals surface area contributed by atoms with Gasteiger partial charge in [-0.3, -0.25) is 19.4 Å². The maximum Gasteiger partial charge on any atom is 0.306 e. The Balaban J connectivity index is 2.64. The molecule has 1 unspecified atom stereocenters. The Hall–Kier alpha value is -2.35. The van der Waals surface area contributed by atoms with Crippen molar-refractivity contribution in [2.45, 2.75) is 12.5 Å². The molecule has 1 aromatic heterocycles. The van der Waals surface area contributed by atoms with Crippen LogP contribution < -0.4 is 10.9 Å². The number of ether oxygens (including phenoxy) is 1. The van der Waals surface area contributed by atoms with E-state index in [2.05, 4.69) is 10.3 Å². The number of H-pyrrole nitrogens is 1. The van der Waals surface area contributed by atoms with Crippen LogP contribution in [-0.2, 0) is 9.53 Å². The number of aliphatic carboxylic acids is 1. The van der Waals surface area contributed by atoms with E-state index in [9.17, 15) is 14.4 Å². The van der Waals surface area contributed by atoms with Gasteiger partial charge >= 0.3 is 5.97 Å². The Labute approximate surface area is 108 Å². The fourth-order valence-electron chi connectivity index (χ4n) is 1.40. The van der Waals surface area contributed by atoms with Crippen LogP contribution in [0.5, 0.6) is 5.88 Å². The van der Waals surface area contributed by atoms with Crippen LogP contribution in [0, 0.1) is 0 Å². The van der Waals surface area contributed by atoms with Gasteiger partial charge in [0.25, 0.3) is 11.5 Å². The van der Waals surface area contributed by atoms with Crippen LogP contribution in [0.1, 0.15) is 16.8 Å². The summed E-state index contributed by atoms with van der Waals surface area (Å²) >= 11 is 0. The van der Waals surface area contributed by atoms with E-state index < -0.39 is 29.4 Å². The first kappa shape index (κ1) is 14.7. The molecule has 0 aromatic carbocycles. The van der Waals surface area contributed by atoms with Gasteiger partial charge in [0.05, 0.1) is 18.1 Å². The first-order valence-corrected chi connectivity index (χ1v) is 5.38. The highest BCUT2D eigenvalue weighted by Gasteiger charge is 2.15. The van der Waals surface area contributed by atoms with Crippen molar-refractivity contribution in [3.8, 4) is 5.88 Å². The highest BCUT2D eigenvalue weighted by Crippen LogP contribution is 2.04. The van der Waals surface area contributed by atoms with Gasteiger partial charge in [-0.15, -0.1) is 0 Å². The number of nitrogens with one attached hydrogen (secondary N) is 2. The van der Waals surface area contributed by atoms with Crippen molar-refractivity contribution in [1.82, 2.24) is 10.3 Å². The minimum absolute atomic E-state index is 0.0187. The Morgan fingerprint density at radius 1 is 1.47 bits per heavy atom. The number of carbonyl (C=O) groups is 2. The molecule has 1 atom stereocenters. The molecule has 0 aliphatic heterocycles. The summed E-state index contributed by atoms with van der Waals surface area (Å²) in [5.41, 5.74) is -0.634. The van der Waals surface area contributed by atoms with Gasteiger partial charge in [0.15, 0.2) is 5.88 Å². The minimum Gasteiger partial charge on any atom is -0.494 e. The van der Waals surface area contributed by atoms with Gasteiger partial charge in [-0.2, -0.15) is 0 Å². The summed E-state index contributed by atoms with van der Waals surface area (Å²) in [6, 6.07) is 2.11. The van der Waals surface area contributed by atoms with Crippen LogP contribution in [0.4, 0.5) is 0 Å². The van der Waals surface area contributed by atoms with Crippen LogP contribution in [-0.4, -0.2) is 46.8 Å². The highest BCUT2D eigenvalue weighted by molar-refractivity contribution is 5.94. The van der Waals surface area contributed by atoms with Gasteiger partial charge < -0.3 is 20.3 Å². The zero-order valence-corrected chi connectivity index (χ0v) is 10.2. The SMILES string of the molecule is COC(CNC(=O)c1cc(O)[nH]c(=O)c1)CC(=O)O. The summed E-state index contributed by atoms with van der Waals surface area (Å²) in [5, 5.41) is 20.2. The Kier molecular flexibility index (Phi) is 5.07. The van der Waals surface area contributed by atoms with Gasteiger partial charge in [-0.25, -0.2) is 0 Å². The molecule has 0 spiro atoms. The Bertz CT molecular complexity index is 524. The molecule has 19 heavy (non-hydrogen) atoms. The summed E-state index contributed by atoms with van der Waals surface area (Å²) in [7, 11) is 1.33. The van der Waals surface area contributed by atoms with Crippen molar-refractivity contribution in [2.75, 3.05) is 13.7 Å². The van der Waals surface area contributed by atoms with E-state index >= 15 is 0 Å². The van der Waals surface area contributed by atoms with E-state index in [1.807, 2.05) is 0 Å². The third-order valence-corrected chi connectivity index (χ3v) is 2.32. The number of pyridine rings is 1. The molecule has 0 saturated carbocycles. The lowest BCUT2D eigenvalue weighted by molar-refractivity contribution is -0.139. The quantitative estimate of drug-likeness (QED) is 0.541. The van der Waals surface area contributed by atoms with Gasteiger partial charge in [-0.05, 0) is 0 Å². The van der Waals surface area contributed by atoms with Crippen LogP contribution in [0.25, 0.3) is 0 Å². The molecule has 0 bridgehead atoms. The Morgan fingerprint density at radius 3 is 2.68 bits per heavy atom. The molecule has 8 heteroatoms. The number of rotatable bonds is 6.